The van der Waals surface area contributed by atoms with Gasteiger partial charge in [0.1, 0.15) is 0 Å². The molecule has 0 fully saturated rings. The summed E-state index contributed by atoms with van der Waals surface area (Å²) >= 11 is 0. The van der Waals surface area contributed by atoms with E-state index in [2.05, 4.69) is 0 Å². The van der Waals surface area contributed by atoms with Crippen molar-refractivity contribution in [3.05, 3.63) is 0 Å². The summed E-state index contributed by atoms with van der Waals surface area (Å²) in [5, 5.41) is 44.7. The van der Waals surface area contributed by atoms with Crippen molar-refractivity contribution >= 4 is 0 Å². The fourth-order valence-corrected chi connectivity index (χ4v) is 0. The predicted molar refractivity (Wildman–Crippen MR) is 52.7 cm³/mol. The van der Waals surface area contributed by atoms with Gasteiger partial charge in [0.25, 0.3) is 0 Å². The Kier molecular flexibility index (Phi) is 258. The van der Waals surface area contributed by atoms with Gasteiger partial charge in [0.2, 0.25) is 0 Å². The largest absolute Gasteiger partial charge is 4.00 e. The molecule has 0 bridgehead atoms. The molecule has 0 saturated heterocycles. The molecule has 0 N–H and O–H groups in total. The van der Waals surface area contributed by atoms with Crippen molar-refractivity contribution in [2.45, 2.75) is 34.6 Å². The summed E-state index contributed by atoms with van der Waals surface area (Å²) in [6.45, 7) is 7.85. The molecule has 0 aromatic carbocycles. The summed E-state index contributed by atoms with van der Waals surface area (Å²) < 4.78 is 0. The Hall–Kier alpha value is 2.32. The van der Waals surface area contributed by atoms with E-state index in [9.17, 15) is 0 Å². The summed E-state index contributed by atoms with van der Waals surface area (Å²) in [6, 6.07) is 0. The van der Waals surface area contributed by atoms with Gasteiger partial charge >= 0.3 is 77.6 Å². The molecule has 0 aromatic heterocycles. The first-order chi connectivity index (χ1) is 7.07. The molecule has 5 nitrogen and oxygen atoms in total. The molecular formula is C10H25KO5Zr. The SMILES string of the molecule is CC[O-].CC[O-].CC[O-].CC[O-].CC[O-].[K+].[Zr+4]. The van der Waals surface area contributed by atoms with Crippen LogP contribution in [0, 0.1) is 0 Å². The third kappa shape index (κ3) is 907. The van der Waals surface area contributed by atoms with Crippen LogP contribution in [-0.4, -0.2) is 33.0 Å². The zero-order valence-corrected chi connectivity index (χ0v) is 17.7. The van der Waals surface area contributed by atoms with Crippen LogP contribution in [0.5, 0.6) is 0 Å². The molecule has 0 rings (SSSR count). The van der Waals surface area contributed by atoms with Crippen molar-refractivity contribution in [2.24, 2.45) is 0 Å². The van der Waals surface area contributed by atoms with Gasteiger partial charge in [0.15, 0.2) is 0 Å². The van der Waals surface area contributed by atoms with Crippen LogP contribution in [0.2, 0.25) is 0 Å². The molecule has 7 heteroatoms. The maximum absolute atomic E-state index is 8.93. The van der Waals surface area contributed by atoms with Gasteiger partial charge in [0, 0.05) is 0 Å². The second-order valence-corrected chi connectivity index (χ2v) is 1.44. The normalized spacial score (nSPS) is 5.29. The van der Waals surface area contributed by atoms with Crippen molar-refractivity contribution in [1.29, 1.82) is 0 Å². The first kappa shape index (κ1) is 42.7. The predicted octanol–water partition coefficient (Wildman–Crippen LogP) is -6.17. The third-order valence-corrected chi connectivity index (χ3v) is 0. The van der Waals surface area contributed by atoms with E-state index in [-0.39, 0.29) is 111 Å². The maximum Gasteiger partial charge on any atom is 4.00 e. The Balaban J connectivity index is -0.0000000143. The fourth-order valence-electron chi connectivity index (χ4n) is 0. The average molecular weight is 356 g/mol. The van der Waals surface area contributed by atoms with E-state index in [1.807, 2.05) is 0 Å². The maximum atomic E-state index is 8.93. The van der Waals surface area contributed by atoms with Crippen molar-refractivity contribution in [3.8, 4) is 0 Å². The van der Waals surface area contributed by atoms with Crippen molar-refractivity contribution in [3.63, 3.8) is 0 Å². The van der Waals surface area contributed by atoms with Gasteiger partial charge in [0.05, 0.1) is 0 Å². The monoisotopic (exact) mass is 354 g/mol. The topological polar surface area (TPSA) is 115 Å². The van der Waals surface area contributed by atoms with Gasteiger partial charge in [-0.2, -0.15) is 0 Å². The van der Waals surface area contributed by atoms with Crippen LogP contribution in [0.1, 0.15) is 34.6 Å². The molecular weight excluding hydrogens is 330 g/mol. The molecule has 0 heterocycles. The minimum absolute atomic E-state index is 0. The quantitative estimate of drug-likeness (QED) is 0.401. The second-order valence-electron chi connectivity index (χ2n) is 1.44. The molecule has 0 atom stereocenters. The molecule has 0 aliphatic carbocycles. The van der Waals surface area contributed by atoms with Crippen LogP contribution < -0.4 is 76.9 Å². The number of hydrogen-bond acceptors (Lipinski definition) is 5. The Morgan fingerprint density at radius 1 is 0.471 bits per heavy atom. The molecule has 0 amide bonds. The van der Waals surface area contributed by atoms with Crippen molar-refractivity contribution < 1.29 is 103 Å². The van der Waals surface area contributed by atoms with Crippen LogP contribution in [0.3, 0.4) is 0 Å². The van der Waals surface area contributed by atoms with Crippen LogP contribution in [0.4, 0.5) is 0 Å². The molecule has 100 valence electrons. The van der Waals surface area contributed by atoms with Gasteiger partial charge in [-0.3, -0.25) is 0 Å². The molecule has 0 radical (unpaired) electrons. The van der Waals surface area contributed by atoms with Crippen LogP contribution in [0.25, 0.3) is 0 Å². The van der Waals surface area contributed by atoms with Gasteiger partial charge in [-0.05, 0) is 0 Å². The van der Waals surface area contributed by atoms with E-state index >= 15 is 0 Å². The summed E-state index contributed by atoms with van der Waals surface area (Å²) in [5.41, 5.74) is 0. The smallest absolute Gasteiger partial charge is 0.855 e. The van der Waals surface area contributed by atoms with Crippen molar-refractivity contribution in [2.75, 3.05) is 33.0 Å². The number of hydrogen-bond donors (Lipinski definition) is 0. The minimum Gasteiger partial charge on any atom is -0.855 e. The van der Waals surface area contributed by atoms with E-state index in [0.29, 0.717) is 0 Å². The second kappa shape index (κ2) is 103. The Morgan fingerprint density at radius 3 is 0.471 bits per heavy atom. The van der Waals surface area contributed by atoms with Gasteiger partial charge in [-0.25, -0.2) is 0 Å². The first-order valence-corrected chi connectivity index (χ1v) is 4.98. The van der Waals surface area contributed by atoms with E-state index < -0.39 is 0 Å². The molecule has 0 spiro atoms. The average Bonchev–Trinajstić information content (AvgIpc) is 2.09. The van der Waals surface area contributed by atoms with E-state index in [1.165, 1.54) is 0 Å². The van der Waals surface area contributed by atoms with Gasteiger partial charge in [-0.1, -0.05) is 34.6 Å². The standard InChI is InChI=1S/5C2H5O.K.Zr/c5*1-2-3;;/h5*2H2,1H3;;/q5*-1;+1;+4. The molecule has 0 aliphatic rings. The van der Waals surface area contributed by atoms with Crippen molar-refractivity contribution in [1.82, 2.24) is 0 Å². The van der Waals surface area contributed by atoms with E-state index in [1.54, 1.807) is 34.6 Å². The minimum atomic E-state index is 0. The summed E-state index contributed by atoms with van der Waals surface area (Å²) in [6.07, 6.45) is 0. The molecule has 0 aromatic rings. The van der Waals surface area contributed by atoms with Crippen LogP contribution in [-0.2, 0) is 26.2 Å². The van der Waals surface area contributed by atoms with E-state index in [0.717, 1.165) is 0 Å². The molecule has 0 saturated carbocycles. The number of rotatable bonds is 0. The Morgan fingerprint density at radius 2 is 0.471 bits per heavy atom. The summed E-state index contributed by atoms with van der Waals surface area (Å²) in [7, 11) is 0. The Bertz CT molecular complexity index is 36.3. The Labute approximate surface area is 168 Å². The zero-order valence-electron chi connectivity index (χ0n) is 12.1. The summed E-state index contributed by atoms with van der Waals surface area (Å²) in [5.74, 6) is 0. The first-order valence-electron chi connectivity index (χ1n) is 4.98. The summed E-state index contributed by atoms with van der Waals surface area (Å²) in [4.78, 5) is 0. The fraction of sp³-hybridized carbons (Fsp3) is 1.00. The third-order valence-electron chi connectivity index (χ3n) is 0. The van der Waals surface area contributed by atoms with Crippen LogP contribution in [0.15, 0.2) is 0 Å². The molecule has 0 unspecified atom stereocenters. The molecule has 0 aliphatic heterocycles. The van der Waals surface area contributed by atoms with Crippen LogP contribution >= 0.6 is 0 Å². The zero-order chi connectivity index (χ0) is 13.5. The molecule has 17 heavy (non-hydrogen) atoms. The van der Waals surface area contributed by atoms with Gasteiger partial charge in [-0.15, -0.1) is 33.0 Å². The van der Waals surface area contributed by atoms with E-state index in [4.69, 9.17) is 25.5 Å². The van der Waals surface area contributed by atoms with Gasteiger partial charge < -0.3 is 25.5 Å².